The number of hydrogen-bond acceptors (Lipinski definition) is 4. The van der Waals surface area contributed by atoms with E-state index in [9.17, 15) is 4.79 Å². The van der Waals surface area contributed by atoms with Gasteiger partial charge in [-0.2, -0.15) is 0 Å². The van der Waals surface area contributed by atoms with Gasteiger partial charge in [-0.25, -0.2) is 4.79 Å². The van der Waals surface area contributed by atoms with E-state index < -0.39 is 5.97 Å². The van der Waals surface area contributed by atoms with Gasteiger partial charge >= 0.3 is 5.97 Å². The third kappa shape index (κ3) is 2.94. The first-order valence-corrected chi connectivity index (χ1v) is 8.44. The van der Waals surface area contributed by atoms with E-state index in [2.05, 4.69) is 4.98 Å². The Morgan fingerprint density at radius 2 is 2.19 bits per heavy atom. The Morgan fingerprint density at radius 3 is 3.00 bits per heavy atom. The lowest BCUT2D eigenvalue weighted by molar-refractivity contribution is 0.0691. The summed E-state index contributed by atoms with van der Waals surface area (Å²) in [4.78, 5) is 14.0. The molecule has 1 aliphatic heterocycles. The third-order valence-electron chi connectivity index (χ3n) is 4.68. The first-order chi connectivity index (χ1) is 12.7. The van der Waals surface area contributed by atoms with Crippen LogP contribution in [0, 0.1) is 0 Å². The molecular weight excluding hydrogens is 334 g/mol. The topological polar surface area (TPSA) is 80.8 Å². The highest BCUT2D eigenvalue weighted by molar-refractivity contribution is 5.96. The van der Waals surface area contributed by atoms with Crippen LogP contribution in [0.5, 0.6) is 17.2 Å². The fourth-order valence-electron chi connectivity index (χ4n) is 3.30. The van der Waals surface area contributed by atoms with E-state index in [-0.39, 0.29) is 11.6 Å². The highest BCUT2D eigenvalue weighted by Gasteiger charge is 2.24. The first-order valence-electron chi connectivity index (χ1n) is 8.44. The van der Waals surface area contributed by atoms with Crippen molar-refractivity contribution in [2.45, 2.75) is 12.3 Å². The number of aromatic nitrogens is 1. The van der Waals surface area contributed by atoms with Gasteiger partial charge in [0.1, 0.15) is 22.9 Å². The van der Waals surface area contributed by atoms with Gasteiger partial charge in [-0.3, -0.25) is 0 Å². The number of methoxy groups -OCH3 is 1. The van der Waals surface area contributed by atoms with Crippen molar-refractivity contribution < 1.29 is 24.1 Å². The molecule has 2 N–H and O–H groups in total. The van der Waals surface area contributed by atoms with Gasteiger partial charge in [0.2, 0.25) is 0 Å². The Kier molecular flexibility index (Phi) is 4.16. The maximum Gasteiger partial charge on any atom is 0.352 e. The van der Waals surface area contributed by atoms with Crippen LogP contribution in [0.25, 0.3) is 10.9 Å². The van der Waals surface area contributed by atoms with Crippen molar-refractivity contribution in [1.29, 1.82) is 0 Å². The molecule has 2 heterocycles. The zero-order chi connectivity index (χ0) is 18.1. The van der Waals surface area contributed by atoms with E-state index in [4.69, 9.17) is 19.3 Å². The van der Waals surface area contributed by atoms with E-state index in [1.165, 1.54) is 5.56 Å². The van der Waals surface area contributed by atoms with Gasteiger partial charge in [0, 0.05) is 28.5 Å². The fraction of sp³-hybridized carbons (Fsp3) is 0.250. The Balaban J connectivity index is 1.45. The molecule has 0 aliphatic carbocycles. The lowest BCUT2D eigenvalue weighted by Gasteiger charge is -2.11. The summed E-state index contributed by atoms with van der Waals surface area (Å²) in [5.74, 6) is 1.63. The molecule has 0 amide bonds. The molecule has 2 aromatic carbocycles. The molecule has 4 rings (SSSR count). The van der Waals surface area contributed by atoms with Crippen LogP contribution < -0.4 is 14.2 Å². The minimum Gasteiger partial charge on any atom is -0.497 e. The minimum absolute atomic E-state index is 0.156. The molecule has 26 heavy (non-hydrogen) atoms. The van der Waals surface area contributed by atoms with Crippen LogP contribution in [-0.2, 0) is 0 Å². The molecule has 134 valence electrons. The number of H-pyrrole nitrogens is 1. The molecule has 1 atom stereocenters. The zero-order valence-corrected chi connectivity index (χ0v) is 14.3. The fourth-order valence-corrected chi connectivity index (χ4v) is 3.30. The number of ether oxygens (including phenoxy) is 3. The molecule has 0 spiro atoms. The Hall–Kier alpha value is -3.15. The summed E-state index contributed by atoms with van der Waals surface area (Å²) in [6.07, 6.45) is 0.811. The normalized spacial score (nSPS) is 15.5. The maximum atomic E-state index is 11.1. The van der Waals surface area contributed by atoms with Gasteiger partial charge in [-0.05, 0) is 30.7 Å². The van der Waals surface area contributed by atoms with Crippen molar-refractivity contribution in [3.63, 3.8) is 0 Å². The van der Waals surface area contributed by atoms with Crippen molar-refractivity contribution in [3.05, 3.63) is 53.7 Å². The van der Waals surface area contributed by atoms with Crippen LogP contribution in [0.15, 0.2) is 42.5 Å². The van der Waals surface area contributed by atoms with E-state index in [1.54, 1.807) is 13.2 Å². The summed E-state index contributed by atoms with van der Waals surface area (Å²) in [6, 6.07) is 13.0. The van der Waals surface area contributed by atoms with Gasteiger partial charge < -0.3 is 24.3 Å². The highest BCUT2D eigenvalue weighted by Crippen LogP contribution is 2.38. The van der Waals surface area contributed by atoms with Gasteiger partial charge in [0.05, 0.1) is 20.3 Å². The van der Waals surface area contributed by atoms with Crippen LogP contribution in [0.4, 0.5) is 0 Å². The van der Waals surface area contributed by atoms with Crippen molar-refractivity contribution in [1.82, 2.24) is 4.98 Å². The predicted molar refractivity (Wildman–Crippen MR) is 96.6 cm³/mol. The summed E-state index contributed by atoms with van der Waals surface area (Å²) < 4.78 is 16.9. The average molecular weight is 353 g/mol. The van der Waals surface area contributed by atoms with Crippen molar-refractivity contribution in [3.8, 4) is 17.2 Å². The highest BCUT2D eigenvalue weighted by atomic mass is 16.5. The molecule has 6 heteroatoms. The third-order valence-corrected chi connectivity index (χ3v) is 4.68. The Labute approximate surface area is 150 Å². The standard InChI is InChI=1S/C20H19NO5/c1-24-13-5-6-14-12(11-26-19(14)9-13)7-8-25-18-4-2-3-16-15(18)10-17(21-16)20(22)23/h2-6,9-10,12,21H,7-8,11H2,1H3,(H,22,23). The van der Waals surface area contributed by atoms with Crippen molar-refractivity contribution in [2.75, 3.05) is 20.3 Å². The zero-order valence-electron chi connectivity index (χ0n) is 14.3. The first kappa shape index (κ1) is 16.3. The molecule has 1 aliphatic rings. The van der Waals surface area contributed by atoms with Crippen LogP contribution >= 0.6 is 0 Å². The van der Waals surface area contributed by atoms with Crippen LogP contribution in [0.1, 0.15) is 28.4 Å². The molecule has 3 aromatic rings. The van der Waals surface area contributed by atoms with E-state index >= 15 is 0 Å². The minimum atomic E-state index is -0.984. The number of carbonyl (C=O) groups is 1. The monoisotopic (exact) mass is 353 g/mol. The maximum absolute atomic E-state index is 11.1. The van der Waals surface area contributed by atoms with E-state index in [0.717, 1.165) is 28.8 Å². The van der Waals surface area contributed by atoms with Gasteiger partial charge in [-0.1, -0.05) is 12.1 Å². The number of carboxylic acids is 1. The second-order valence-electron chi connectivity index (χ2n) is 6.25. The Bertz CT molecular complexity index is 962. The summed E-state index contributed by atoms with van der Waals surface area (Å²) >= 11 is 0. The number of aromatic carboxylic acids is 1. The van der Waals surface area contributed by atoms with Crippen LogP contribution in [-0.4, -0.2) is 36.4 Å². The van der Waals surface area contributed by atoms with Crippen LogP contribution in [0.3, 0.4) is 0 Å². The average Bonchev–Trinajstić information content (AvgIpc) is 3.26. The molecule has 0 bridgehead atoms. The number of carboxylic acid groups (broad SMARTS) is 1. The smallest absolute Gasteiger partial charge is 0.352 e. The van der Waals surface area contributed by atoms with Crippen molar-refractivity contribution in [2.24, 2.45) is 0 Å². The summed E-state index contributed by atoms with van der Waals surface area (Å²) in [5, 5.41) is 9.91. The molecular formula is C20H19NO5. The molecule has 0 radical (unpaired) electrons. The number of hydrogen-bond donors (Lipinski definition) is 2. The number of fused-ring (bicyclic) bond motifs is 2. The Morgan fingerprint density at radius 1 is 1.31 bits per heavy atom. The second-order valence-corrected chi connectivity index (χ2v) is 6.25. The number of nitrogens with one attached hydrogen (secondary N) is 1. The molecule has 0 saturated carbocycles. The van der Waals surface area contributed by atoms with E-state index in [0.29, 0.717) is 19.0 Å². The van der Waals surface area contributed by atoms with Crippen LogP contribution in [0.2, 0.25) is 0 Å². The molecule has 1 unspecified atom stereocenters. The quantitative estimate of drug-likeness (QED) is 0.704. The summed E-state index contributed by atoms with van der Waals surface area (Å²) in [5.41, 5.74) is 2.08. The molecule has 0 saturated heterocycles. The SMILES string of the molecule is COc1ccc2c(c1)OCC2CCOc1cccc2[nH]c(C(=O)O)cc12. The van der Waals surface area contributed by atoms with Gasteiger partial charge in [0.25, 0.3) is 0 Å². The lowest BCUT2D eigenvalue weighted by atomic mass is 9.98. The van der Waals surface area contributed by atoms with Gasteiger partial charge in [-0.15, -0.1) is 0 Å². The number of benzene rings is 2. The molecule has 0 fully saturated rings. The molecule has 1 aromatic heterocycles. The molecule has 6 nitrogen and oxygen atoms in total. The van der Waals surface area contributed by atoms with Crippen molar-refractivity contribution >= 4 is 16.9 Å². The summed E-state index contributed by atoms with van der Waals surface area (Å²) in [6.45, 7) is 1.15. The van der Waals surface area contributed by atoms with E-state index in [1.807, 2.05) is 36.4 Å². The largest absolute Gasteiger partial charge is 0.497 e. The second kappa shape index (κ2) is 6.63. The number of aromatic amines is 1. The summed E-state index contributed by atoms with van der Waals surface area (Å²) in [7, 11) is 1.64. The predicted octanol–water partition coefficient (Wildman–Crippen LogP) is 3.82. The lowest BCUT2D eigenvalue weighted by Crippen LogP contribution is -2.07. The number of rotatable bonds is 6. The van der Waals surface area contributed by atoms with Gasteiger partial charge in [0.15, 0.2) is 0 Å².